The Kier molecular flexibility index (Phi) is 4.53. The predicted octanol–water partition coefficient (Wildman–Crippen LogP) is 2.81. The van der Waals surface area contributed by atoms with E-state index in [0.29, 0.717) is 5.96 Å². The molecule has 0 aromatic heterocycles. The molecule has 2 aromatic rings. The number of hydrazine groups is 1. The maximum atomic E-state index is 5.52. The molecule has 19 heavy (non-hydrogen) atoms. The number of nitrogens with one attached hydrogen (secondary N) is 2. The lowest BCUT2D eigenvalue weighted by Gasteiger charge is -2.10. The third kappa shape index (κ3) is 3.56. The standard InChI is InChI=1S/C15H18N4/c1-2-12-8-6-7-11-14(12)18-15(19-16)17-13-9-4-3-5-10-13/h3-11H,2,16H2,1H3,(H2,17,18,19). The number of para-hydroxylation sites is 2. The highest BCUT2D eigenvalue weighted by Crippen LogP contribution is 2.19. The van der Waals surface area contributed by atoms with Crippen LogP contribution in [0.1, 0.15) is 12.5 Å². The number of hydrogen-bond donors (Lipinski definition) is 3. The molecule has 0 spiro atoms. The number of nitrogens with two attached hydrogens (primary N) is 1. The van der Waals surface area contributed by atoms with Crippen molar-refractivity contribution in [1.82, 2.24) is 5.43 Å². The first-order valence-corrected chi connectivity index (χ1v) is 6.28. The van der Waals surface area contributed by atoms with E-state index in [-0.39, 0.29) is 0 Å². The molecule has 4 nitrogen and oxygen atoms in total. The van der Waals surface area contributed by atoms with Crippen molar-refractivity contribution in [2.75, 3.05) is 5.32 Å². The molecular formula is C15H18N4. The predicted molar refractivity (Wildman–Crippen MR) is 80.3 cm³/mol. The highest BCUT2D eigenvalue weighted by molar-refractivity contribution is 5.95. The maximum absolute atomic E-state index is 5.52. The van der Waals surface area contributed by atoms with Crippen LogP contribution in [0.3, 0.4) is 0 Å². The fraction of sp³-hybridized carbons (Fsp3) is 0.133. The van der Waals surface area contributed by atoms with E-state index < -0.39 is 0 Å². The van der Waals surface area contributed by atoms with Gasteiger partial charge >= 0.3 is 0 Å². The van der Waals surface area contributed by atoms with Gasteiger partial charge in [0.25, 0.3) is 0 Å². The van der Waals surface area contributed by atoms with Gasteiger partial charge in [-0.25, -0.2) is 10.8 Å². The molecule has 0 saturated heterocycles. The van der Waals surface area contributed by atoms with Crippen LogP contribution >= 0.6 is 0 Å². The van der Waals surface area contributed by atoms with Crippen molar-refractivity contribution in [2.45, 2.75) is 13.3 Å². The molecule has 2 rings (SSSR count). The van der Waals surface area contributed by atoms with Gasteiger partial charge < -0.3 is 5.32 Å². The number of guanidine groups is 1. The molecule has 0 atom stereocenters. The number of benzene rings is 2. The minimum Gasteiger partial charge on any atom is -0.325 e. The van der Waals surface area contributed by atoms with Crippen LogP contribution in [-0.4, -0.2) is 5.96 Å². The second-order valence-corrected chi connectivity index (χ2v) is 4.08. The fourth-order valence-electron chi connectivity index (χ4n) is 1.79. The van der Waals surface area contributed by atoms with Crippen molar-refractivity contribution in [1.29, 1.82) is 0 Å². The molecule has 2 aromatic carbocycles. The summed E-state index contributed by atoms with van der Waals surface area (Å²) >= 11 is 0. The normalized spacial score (nSPS) is 11.2. The molecule has 0 aliphatic heterocycles. The first-order valence-electron chi connectivity index (χ1n) is 6.28. The summed E-state index contributed by atoms with van der Waals surface area (Å²) in [4.78, 5) is 4.51. The van der Waals surface area contributed by atoms with E-state index in [2.05, 4.69) is 28.7 Å². The van der Waals surface area contributed by atoms with Crippen LogP contribution in [0.15, 0.2) is 59.6 Å². The van der Waals surface area contributed by atoms with Gasteiger partial charge in [-0.1, -0.05) is 43.3 Å². The van der Waals surface area contributed by atoms with Gasteiger partial charge in [-0.2, -0.15) is 0 Å². The summed E-state index contributed by atoms with van der Waals surface area (Å²) in [6.07, 6.45) is 0.933. The molecule has 0 aliphatic rings. The summed E-state index contributed by atoms with van der Waals surface area (Å²) in [6, 6.07) is 17.8. The average molecular weight is 254 g/mol. The number of rotatable bonds is 3. The van der Waals surface area contributed by atoms with Crippen molar-refractivity contribution in [3.63, 3.8) is 0 Å². The lowest BCUT2D eigenvalue weighted by atomic mass is 10.1. The van der Waals surface area contributed by atoms with E-state index in [4.69, 9.17) is 5.84 Å². The lowest BCUT2D eigenvalue weighted by molar-refractivity contribution is 1.01. The zero-order valence-corrected chi connectivity index (χ0v) is 10.9. The molecule has 4 heteroatoms. The van der Waals surface area contributed by atoms with E-state index in [1.54, 1.807) is 0 Å². The Morgan fingerprint density at radius 3 is 2.42 bits per heavy atom. The monoisotopic (exact) mass is 254 g/mol. The molecule has 0 fully saturated rings. The third-order valence-corrected chi connectivity index (χ3v) is 2.78. The van der Waals surface area contributed by atoms with Crippen molar-refractivity contribution in [3.8, 4) is 0 Å². The summed E-state index contributed by atoms with van der Waals surface area (Å²) in [6.45, 7) is 2.11. The van der Waals surface area contributed by atoms with Crippen LogP contribution in [0.2, 0.25) is 0 Å². The molecule has 98 valence electrons. The quantitative estimate of drug-likeness (QED) is 0.341. The zero-order chi connectivity index (χ0) is 13.5. The summed E-state index contributed by atoms with van der Waals surface area (Å²) in [7, 11) is 0. The van der Waals surface area contributed by atoms with Gasteiger partial charge in [0.05, 0.1) is 5.69 Å². The van der Waals surface area contributed by atoms with Gasteiger partial charge in [0, 0.05) is 5.69 Å². The van der Waals surface area contributed by atoms with Crippen LogP contribution in [0.25, 0.3) is 0 Å². The number of aliphatic imine (C=N–C) groups is 1. The molecule has 0 bridgehead atoms. The first-order chi connectivity index (χ1) is 9.33. The second kappa shape index (κ2) is 6.56. The Balaban J connectivity index is 2.23. The van der Waals surface area contributed by atoms with Crippen LogP contribution < -0.4 is 16.6 Å². The first kappa shape index (κ1) is 13.1. The molecule has 0 amide bonds. The summed E-state index contributed by atoms with van der Waals surface area (Å²) in [5, 5.41) is 3.14. The summed E-state index contributed by atoms with van der Waals surface area (Å²) < 4.78 is 0. The molecule has 0 radical (unpaired) electrons. The number of aryl methyl sites for hydroxylation is 1. The van der Waals surface area contributed by atoms with E-state index in [0.717, 1.165) is 17.8 Å². The van der Waals surface area contributed by atoms with Crippen LogP contribution in [0.4, 0.5) is 11.4 Å². The van der Waals surface area contributed by atoms with Crippen molar-refractivity contribution >= 4 is 17.3 Å². The molecule has 0 heterocycles. The minimum absolute atomic E-state index is 0.520. The molecule has 0 unspecified atom stereocenters. The molecule has 0 aliphatic carbocycles. The van der Waals surface area contributed by atoms with Gasteiger partial charge in [-0.15, -0.1) is 0 Å². The van der Waals surface area contributed by atoms with Gasteiger partial charge in [-0.3, -0.25) is 5.43 Å². The van der Waals surface area contributed by atoms with Gasteiger partial charge in [0.15, 0.2) is 0 Å². The smallest absolute Gasteiger partial charge is 0.215 e. The van der Waals surface area contributed by atoms with Crippen molar-refractivity contribution in [3.05, 3.63) is 60.2 Å². The Hall–Kier alpha value is -2.33. The van der Waals surface area contributed by atoms with Crippen LogP contribution in [0, 0.1) is 0 Å². The van der Waals surface area contributed by atoms with Crippen LogP contribution in [-0.2, 0) is 6.42 Å². The van der Waals surface area contributed by atoms with E-state index in [1.807, 2.05) is 48.5 Å². The topological polar surface area (TPSA) is 62.4 Å². The zero-order valence-electron chi connectivity index (χ0n) is 10.9. The third-order valence-electron chi connectivity index (χ3n) is 2.78. The fourth-order valence-corrected chi connectivity index (χ4v) is 1.79. The van der Waals surface area contributed by atoms with Gasteiger partial charge in [-0.05, 0) is 30.2 Å². The summed E-state index contributed by atoms with van der Waals surface area (Å²) in [5.74, 6) is 6.04. The molecule has 4 N–H and O–H groups in total. The van der Waals surface area contributed by atoms with Gasteiger partial charge in [0.1, 0.15) is 0 Å². The van der Waals surface area contributed by atoms with E-state index in [9.17, 15) is 0 Å². The van der Waals surface area contributed by atoms with E-state index >= 15 is 0 Å². The number of anilines is 1. The molecular weight excluding hydrogens is 236 g/mol. The highest BCUT2D eigenvalue weighted by Gasteiger charge is 2.01. The second-order valence-electron chi connectivity index (χ2n) is 4.08. The molecule has 0 saturated carbocycles. The number of hydrogen-bond acceptors (Lipinski definition) is 2. The number of nitrogens with zero attached hydrogens (tertiary/aromatic N) is 1. The van der Waals surface area contributed by atoms with Crippen molar-refractivity contribution < 1.29 is 0 Å². The Morgan fingerprint density at radius 2 is 1.74 bits per heavy atom. The average Bonchev–Trinajstić information content (AvgIpc) is 2.48. The van der Waals surface area contributed by atoms with Crippen molar-refractivity contribution in [2.24, 2.45) is 10.8 Å². The summed E-state index contributed by atoms with van der Waals surface area (Å²) in [5.41, 5.74) is 5.63. The Labute approximate surface area is 113 Å². The Bertz CT molecular complexity index is 549. The Morgan fingerprint density at radius 1 is 1.05 bits per heavy atom. The van der Waals surface area contributed by atoms with Gasteiger partial charge in [0.2, 0.25) is 5.96 Å². The highest BCUT2D eigenvalue weighted by atomic mass is 15.3. The lowest BCUT2D eigenvalue weighted by Crippen LogP contribution is -2.36. The largest absolute Gasteiger partial charge is 0.325 e. The van der Waals surface area contributed by atoms with E-state index in [1.165, 1.54) is 5.56 Å². The van der Waals surface area contributed by atoms with Crippen LogP contribution in [0.5, 0.6) is 0 Å². The SMILES string of the molecule is CCc1ccccc1N=C(NN)Nc1ccccc1. The minimum atomic E-state index is 0.520. The maximum Gasteiger partial charge on any atom is 0.215 e.